The van der Waals surface area contributed by atoms with Crippen LogP contribution in [0.5, 0.6) is 0 Å². The van der Waals surface area contributed by atoms with Crippen molar-refractivity contribution in [3.05, 3.63) is 23.5 Å². The average molecular weight is 268 g/mol. The predicted octanol–water partition coefficient (Wildman–Crippen LogP) is 1.69. The van der Waals surface area contributed by atoms with Crippen LogP contribution < -0.4 is 10.6 Å². The van der Waals surface area contributed by atoms with E-state index in [1.54, 1.807) is 13.0 Å². The van der Waals surface area contributed by atoms with Gasteiger partial charge in [-0.3, -0.25) is 0 Å². The Hall–Kier alpha value is -1.33. The smallest absolute Gasteiger partial charge is 0.128 e. The molecule has 0 aliphatic carbocycles. The zero-order valence-electron chi connectivity index (χ0n) is 11.4. The lowest BCUT2D eigenvalue weighted by atomic mass is 9.93. The summed E-state index contributed by atoms with van der Waals surface area (Å²) in [6.07, 6.45) is 1.22. The topological polar surface area (TPSA) is 58.7 Å². The minimum absolute atomic E-state index is 0.306. The van der Waals surface area contributed by atoms with Crippen molar-refractivity contribution in [2.24, 2.45) is 0 Å². The molecule has 0 radical (unpaired) electrons. The zero-order chi connectivity index (χ0) is 14.0. The van der Waals surface area contributed by atoms with Crippen LogP contribution in [0.4, 0.5) is 15.8 Å². The van der Waals surface area contributed by atoms with Gasteiger partial charge in [0.25, 0.3) is 0 Å². The van der Waals surface area contributed by atoms with Gasteiger partial charge in [0.1, 0.15) is 5.82 Å². The molecule has 1 aliphatic rings. The number of aryl methyl sites for hydroxylation is 1. The van der Waals surface area contributed by atoms with Crippen LogP contribution in [-0.2, 0) is 4.74 Å². The lowest BCUT2D eigenvalue weighted by molar-refractivity contribution is -0.0572. The molecule has 3 N–H and O–H groups in total. The molecule has 2 rings (SSSR count). The molecule has 0 saturated carbocycles. The van der Waals surface area contributed by atoms with Crippen molar-refractivity contribution < 1.29 is 14.2 Å². The summed E-state index contributed by atoms with van der Waals surface area (Å²) in [5, 5.41) is 10.5. The van der Waals surface area contributed by atoms with Gasteiger partial charge in [0.15, 0.2) is 0 Å². The Bertz CT molecular complexity index is 459. The second-order valence-electron chi connectivity index (χ2n) is 5.35. The maximum Gasteiger partial charge on any atom is 0.128 e. The van der Waals surface area contributed by atoms with Crippen LogP contribution in [0, 0.1) is 12.7 Å². The number of likely N-dealkylation sites (N-methyl/N-ethyl adjacent to an activating group) is 1. The monoisotopic (exact) mass is 268 g/mol. The molecule has 106 valence electrons. The molecule has 1 aliphatic heterocycles. The molecule has 0 bridgehead atoms. The van der Waals surface area contributed by atoms with E-state index in [4.69, 9.17) is 10.5 Å². The molecule has 0 atom stereocenters. The van der Waals surface area contributed by atoms with Crippen LogP contribution in [0.25, 0.3) is 0 Å². The molecular weight excluding hydrogens is 247 g/mol. The fourth-order valence-electron chi connectivity index (χ4n) is 2.45. The number of nitrogen functional groups attached to an aromatic ring is 1. The van der Waals surface area contributed by atoms with Gasteiger partial charge >= 0.3 is 0 Å². The third kappa shape index (κ3) is 3.16. The van der Waals surface area contributed by atoms with Crippen molar-refractivity contribution in [3.63, 3.8) is 0 Å². The van der Waals surface area contributed by atoms with E-state index >= 15 is 0 Å². The van der Waals surface area contributed by atoms with Crippen LogP contribution in [0.3, 0.4) is 0 Å². The van der Waals surface area contributed by atoms with Crippen molar-refractivity contribution in [3.8, 4) is 0 Å². The van der Waals surface area contributed by atoms with Gasteiger partial charge in [-0.1, -0.05) is 0 Å². The number of benzene rings is 1. The highest BCUT2D eigenvalue weighted by atomic mass is 19.1. The number of halogens is 1. The first-order valence-electron chi connectivity index (χ1n) is 6.48. The Kier molecular flexibility index (Phi) is 3.96. The van der Waals surface area contributed by atoms with Crippen LogP contribution >= 0.6 is 0 Å². The van der Waals surface area contributed by atoms with Crippen LogP contribution in [0.2, 0.25) is 0 Å². The fraction of sp³-hybridized carbons (Fsp3) is 0.571. The molecule has 19 heavy (non-hydrogen) atoms. The molecule has 0 aromatic heterocycles. The largest absolute Gasteiger partial charge is 0.397 e. The van der Waals surface area contributed by atoms with E-state index in [0.29, 0.717) is 43.9 Å². The van der Waals surface area contributed by atoms with Gasteiger partial charge in [-0.15, -0.1) is 0 Å². The maximum atomic E-state index is 13.4. The van der Waals surface area contributed by atoms with E-state index < -0.39 is 5.60 Å². The highest BCUT2D eigenvalue weighted by Crippen LogP contribution is 2.29. The summed E-state index contributed by atoms with van der Waals surface area (Å²) in [5.74, 6) is -0.306. The molecule has 5 heteroatoms. The third-order valence-corrected chi connectivity index (χ3v) is 3.67. The number of aliphatic hydroxyl groups is 1. The second-order valence-corrected chi connectivity index (χ2v) is 5.35. The summed E-state index contributed by atoms with van der Waals surface area (Å²) < 4.78 is 18.7. The Morgan fingerprint density at radius 2 is 2.05 bits per heavy atom. The molecular formula is C14H21FN2O2. The van der Waals surface area contributed by atoms with E-state index in [0.717, 1.165) is 5.69 Å². The number of ether oxygens (including phenoxy) is 1. The van der Waals surface area contributed by atoms with Gasteiger partial charge in [-0.2, -0.15) is 0 Å². The van der Waals surface area contributed by atoms with Gasteiger partial charge < -0.3 is 20.5 Å². The van der Waals surface area contributed by atoms with Crippen molar-refractivity contribution in [2.75, 3.05) is 37.4 Å². The third-order valence-electron chi connectivity index (χ3n) is 3.67. The number of nitrogens with two attached hydrogens (primary N) is 1. The van der Waals surface area contributed by atoms with Crippen molar-refractivity contribution in [1.29, 1.82) is 0 Å². The van der Waals surface area contributed by atoms with Gasteiger partial charge in [0.2, 0.25) is 0 Å². The highest BCUT2D eigenvalue weighted by Gasteiger charge is 2.31. The number of anilines is 2. The highest BCUT2D eigenvalue weighted by molar-refractivity contribution is 5.68. The van der Waals surface area contributed by atoms with E-state index in [-0.39, 0.29) is 5.82 Å². The van der Waals surface area contributed by atoms with Gasteiger partial charge in [-0.05, 0) is 24.6 Å². The van der Waals surface area contributed by atoms with Crippen LogP contribution in [-0.4, -0.2) is 37.5 Å². The average Bonchev–Trinajstić information content (AvgIpc) is 2.34. The molecule has 1 aromatic rings. The number of nitrogens with zero attached hydrogens (tertiary/aromatic N) is 1. The Balaban J connectivity index is 2.15. The van der Waals surface area contributed by atoms with Gasteiger partial charge in [-0.25, -0.2) is 4.39 Å². The van der Waals surface area contributed by atoms with Crippen molar-refractivity contribution in [2.45, 2.75) is 25.4 Å². The summed E-state index contributed by atoms with van der Waals surface area (Å²) in [7, 11) is 1.86. The summed E-state index contributed by atoms with van der Waals surface area (Å²) in [6, 6.07) is 3.04. The molecule has 0 amide bonds. The molecule has 1 saturated heterocycles. The Morgan fingerprint density at radius 3 is 2.68 bits per heavy atom. The number of hydrogen-bond acceptors (Lipinski definition) is 4. The minimum Gasteiger partial charge on any atom is -0.397 e. The van der Waals surface area contributed by atoms with E-state index in [2.05, 4.69) is 0 Å². The first kappa shape index (κ1) is 14.1. The van der Waals surface area contributed by atoms with Gasteiger partial charge in [0.05, 0.1) is 17.0 Å². The number of rotatable bonds is 3. The van der Waals surface area contributed by atoms with Crippen molar-refractivity contribution >= 4 is 11.4 Å². The summed E-state index contributed by atoms with van der Waals surface area (Å²) in [5.41, 5.74) is 6.78. The summed E-state index contributed by atoms with van der Waals surface area (Å²) in [4.78, 5) is 1.88. The van der Waals surface area contributed by atoms with E-state index in [9.17, 15) is 9.50 Å². The lowest BCUT2D eigenvalue weighted by Gasteiger charge is -2.36. The first-order chi connectivity index (χ1) is 8.91. The van der Waals surface area contributed by atoms with Crippen LogP contribution in [0.15, 0.2) is 12.1 Å². The zero-order valence-corrected chi connectivity index (χ0v) is 11.4. The molecule has 1 fully saturated rings. The maximum absolute atomic E-state index is 13.4. The minimum atomic E-state index is -0.762. The predicted molar refractivity (Wildman–Crippen MR) is 73.8 cm³/mol. The Morgan fingerprint density at radius 1 is 1.42 bits per heavy atom. The molecule has 0 unspecified atom stereocenters. The fourth-order valence-corrected chi connectivity index (χ4v) is 2.45. The molecule has 4 nitrogen and oxygen atoms in total. The molecule has 0 spiro atoms. The summed E-state index contributed by atoms with van der Waals surface area (Å²) >= 11 is 0. The quantitative estimate of drug-likeness (QED) is 0.819. The van der Waals surface area contributed by atoms with Gasteiger partial charge in [0, 0.05) is 39.6 Å². The number of hydrogen-bond donors (Lipinski definition) is 2. The molecule has 1 aromatic carbocycles. The van der Waals surface area contributed by atoms with Crippen molar-refractivity contribution in [1.82, 2.24) is 0 Å². The first-order valence-corrected chi connectivity index (χ1v) is 6.48. The van der Waals surface area contributed by atoms with E-state index in [1.165, 1.54) is 6.07 Å². The Labute approximate surface area is 113 Å². The second kappa shape index (κ2) is 5.35. The molecule has 1 heterocycles. The van der Waals surface area contributed by atoms with E-state index in [1.807, 2.05) is 11.9 Å². The normalized spacial score (nSPS) is 18.3. The SMILES string of the molecule is Cc1cc(N(C)CC2(O)CCOCC2)c(N)cc1F. The standard InChI is InChI=1S/C14H21FN2O2/c1-10-7-13(12(16)8-11(10)15)17(2)9-14(18)3-5-19-6-4-14/h7-8,18H,3-6,9,16H2,1-2H3. The lowest BCUT2D eigenvalue weighted by Crippen LogP contribution is -2.45. The summed E-state index contributed by atoms with van der Waals surface area (Å²) in [6.45, 7) is 3.31. The van der Waals surface area contributed by atoms with Crippen LogP contribution in [0.1, 0.15) is 18.4 Å².